The van der Waals surface area contributed by atoms with Crippen LogP contribution in [0, 0.1) is 16.7 Å². The predicted octanol–water partition coefficient (Wildman–Crippen LogP) is 5.61. The first kappa shape index (κ1) is 15.1. The summed E-state index contributed by atoms with van der Waals surface area (Å²) in [5.41, 5.74) is 6.89. The monoisotopic (exact) mass is 286 g/mol. The van der Waals surface area contributed by atoms with Crippen molar-refractivity contribution in [3.8, 4) is 0 Å². The molecular formula is C20H30O. The third-order valence-electron chi connectivity index (χ3n) is 6.91. The van der Waals surface area contributed by atoms with Crippen LogP contribution in [0.1, 0.15) is 79.1 Å². The number of allylic oxidation sites excluding steroid dienone is 4. The minimum absolute atomic E-state index is 0.0810. The summed E-state index contributed by atoms with van der Waals surface area (Å²) in [6.45, 7) is 9.22. The molecule has 3 aliphatic carbocycles. The normalized spacial score (nSPS) is 39.6. The molecule has 3 rings (SSSR count). The van der Waals surface area contributed by atoms with Crippen LogP contribution in [0.2, 0.25) is 0 Å². The summed E-state index contributed by atoms with van der Waals surface area (Å²) >= 11 is 0. The lowest BCUT2D eigenvalue weighted by Crippen LogP contribution is -2.48. The van der Waals surface area contributed by atoms with Gasteiger partial charge in [0.05, 0.1) is 0 Å². The largest absolute Gasteiger partial charge is 0.303 e. The van der Waals surface area contributed by atoms with E-state index in [0.717, 1.165) is 6.42 Å². The highest BCUT2D eigenvalue weighted by atomic mass is 16.1. The van der Waals surface area contributed by atoms with Crippen molar-refractivity contribution in [2.75, 3.05) is 0 Å². The maximum atomic E-state index is 11.8. The zero-order valence-electron chi connectivity index (χ0n) is 14.2. The van der Waals surface area contributed by atoms with E-state index in [1.165, 1.54) is 56.8 Å². The number of rotatable bonds is 1. The fourth-order valence-corrected chi connectivity index (χ4v) is 5.64. The summed E-state index contributed by atoms with van der Waals surface area (Å²) in [7, 11) is 0. The molecule has 3 atom stereocenters. The number of aldehydes is 1. The maximum absolute atomic E-state index is 11.8. The molecule has 0 aromatic heterocycles. The Morgan fingerprint density at radius 3 is 2.57 bits per heavy atom. The molecule has 1 saturated carbocycles. The van der Waals surface area contributed by atoms with Gasteiger partial charge in [-0.3, -0.25) is 0 Å². The summed E-state index contributed by atoms with van der Waals surface area (Å²) in [6, 6.07) is 0. The van der Waals surface area contributed by atoms with Crippen molar-refractivity contribution in [3.05, 3.63) is 22.3 Å². The van der Waals surface area contributed by atoms with E-state index in [1.807, 2.05) is 0 Å². The summed E-state index contributed by atoms with van der Waals surface area (Å²) in [5, 5.41) is 0. The third-order valence-corrected chi connectivity index (χ3v) is 6.91. The van der Waals surface area contributed by atoms with Crippen LogP contribution >= 0.6 is 0 Å². The number of carbonyl (C=O) groups is 1. The molecule has 0 amide bonds. The number of hydrogen-bond acceptors (Lipinski definition) is 1. The van der Waals surface area contributed by atoms with Gasteiger partial charge in [-0.25, -0.2) is 0 Å². The molecule has 21 heavy (non-hydrogen) atoms. The van der Waals surface area contributed by atoms with Gasteiger partial charge in [-0.2, -0.15) is 0 Å². The number of fused-ring (bicyclic) bond motifs is 2. The van der Waals surface area contributed by atoms with Gasteiger partial charge >= 0.3 is 0 Å². The van der Waals surface area contributed by atoms with Crippen molar-refractivity contribution in [3.63, 3.8) is 0 Å². The van der Waals surface area contributed by atoms with Crippen LogP contribution in [0.3, 0.4) is 0 Å². The van der Waals surface area contributed by atoms with Crippen LogP contribution in [0.4, 0.5) is 0 Å². The average Bonchev–Trinajstić information content (AvgIpc) is 2.46. The molecule has 0 saturated heterocycles. The highest BCUT2D eigenvalue weighted by molar-refractivity contribution is 5.60. The van der Waals surface area contributed by atoms with E-state index >= 15 is 0 Å². The van der Waals surface area contributed by atoms with E-state index in [2.05, 4.69) is 27.7 Å². The molecule has 0 spiro atoms. The molecule has 0 N–H and O–H groups in total. The predicted molar refractivity (Wildman–Crippen MR) is 88.1 cm³/mol. The maximum Gasteiger partial charge on any atom is 0.126 e. The Morgan fingerprint density at radius 1 is 1.14 bits per heavy atom. The van der Waals surface area contributed by atoms with Gasteiger partial charge in [0.25, 0.3) is 0 Å². The zero-order chi connectivity index (χ0) is 15.3. The van der Waals surface area contributed by atoms with Gasteiger partial charge in [0.1, 0.15) is 6.29 Å². The van der Waals surface area contributed by atoms with Crippen molar-refractivity contribution in [1.82, 2.24) is 0 Å². The van der Waals surface area contributed by atoms with Gasteiger partial charge in [0, 0.05) is 5.41 Å². The molecule has 1 nitrogen and oxygen atoms in total. The van der Waals surface area contributed by atoms with Crippen molar-refractivity contribution in [2.45, 2.75) is 79.1 Å². The SMILES string of the molecule is CC(C)=C1CCC2=C(CC[C@H]3[C@](C)(C=O)CCC[C@]23C)C1. The van der Waals surface area contributed by atoms with Gasteiger partial charge in [-0.1, -0.05) is 42.6 Å². The Hall–Kier alpha value is -0.850. The Bertz CT molecular complexity index is 520. The second-order valence-corrected chi connectivity index (χ2v) is 8.35. The summed E-state index contributed by atoms with van der Waals surface area (Å²) < 4.78 is 0. The fourth-order valence-electron chi connectivity index (χ4n) is 5.64. The van der Waals surface area contributed by atoms with Crippen molar-refractivity contribution in [2.24, 2.45) is 16.7 Å². The van der Waals surface area contributed by atoms with Crippen molar-refractivity contribution < 1.29 is 4.79 Å². The molecular weight excluding hydrogens is 256 g/mol. The third kappa shape index (κ3) is 2.24. The Kier molecular flexibility index (Phi) is 3.66. The summed E-state index contributed by atoms with van der Waals surface area (Å²) in [5.74, 6) is 0.572. The second kappa shape index (κ2) is 5.11. The standard InChI is InChI=1S/C20H30O/c1-14(2)15-6-8-17-16(12-15)7-9-18-19(3,13-21)10-5-11-20(17,18)4/h13,18H,5-12H2,1-4H3/t18-,19-,20+/m0/s1. The lowest BCUT2D eigenvalue weighted by atomic mass is 9.48. The van der Waals surface area contributed by atoms with Crippen molar-refractivity contribution >= 4 is 6.29 Å². The molecule has 0 unspecified atom stereocenters. The van der Waals surface area contributed by atoms with Gasteiger partial charge in [0.15, 0.2) is 0 Å². The van der Waals surface area contributed by atoms with Gasteiger partial charge < -0.3 is 4.79 Å². The summed E-state index contributed by atoms with van der Waals surface area (Å²) in [4.78, 5) is 11.8. The minimum atomic E-state index is -0.0810. The van der Waals surface area contributed by atoms with Gasteiger partial charge in [-0.15, -0.1) is 0 Å². The van der Waals surface area contributed by atoms with E-state index in [-0.39, 0.29) is 5.41 Å². The molecule has 1 fully saturated rings. The molecule has 0 radical (unpaired) electrons. The first-order valence-corrected chi connectivity index (χ1v) is 8.73. The van der Waals surface area contributed by atoms with Crippen LogP contribution in [0.15, 0.2) is 22.3 Å². The van der Waals surface area contributed by atoms with E-state index in [4.69, 9.17) is 0 Å². The molecule has 0 aromatic carbocycles. The smallest absolute Gasteiger partial charge is 0.126 e. The van der Waals surface area contributed by atoms with E-state index in [9.17, 15) is 4.79 Å². The molecule has 0 aromatic rings. The van der Waals surface area contributed by atoms with E-state index in [1.54, 1.807) is 16.7 Å². The lowest BCUT2D eigenvalue weighted by molar-refractivity contribution is -0.125. The fraction of sp³-hybridized carbons (Fsp3) is 0.750. The van der Waals surface area contributed by atoms with Crippen LogP contribution in [0.25, 0.3) is 0 Å². The van der Waals surface area contributed by atoms with E-state index in [0.29, 0.717) is 11.3 Å². The van der Waals surface area contributed by atoms with Crippen LogP contribution in [0.5, 0.6) is 0 Å². The molecule has 1 heteroatoms. The lowest BCUT2D eigenvalue weighted by Gasteiger charge is -2.55. The molecule has 116 valence electrons. The number of carbonyl (C=O) groups excluding carboxylic acids is 1. The van der Waals surface area contributed by atoms with Crippen LogP contribution < -0.4 is 0 Å². The quantitative estimate of drug-likeness (QED) is 0.452. The highest BCUT2D eigenvalue weighted by Gasteiger charge is 2.52. The zero-order valence-corrected chi connectivity index (χ0v) is 14.2. The van der Waals surface area contributed by atoms with Gasteiger partial charge in [0.2, 0.25) is 0 Å². The minimum Gasteiger partial charge on any atom is -0.303 e. The first-order chi connectivity index (χ1) is 9.90. The van der Waals surface area contributed by atoms with E-state index < -0.39 is 0 Å². The Labute approximate surface area is 129 Å². The van der Waals surface area contributed by atoms with Crippen LogP contribution in [-0.4, -0.2) is 6.29 Å². The highest BCUT2D eigenvalue weighted by Crippen LogP contribution is 2.61. The second-order valence-electron chi connectivity index (χ2n) is 8.35. The first-order valence-electron chi connectivity index (χ1n) is 8.73. The molecule has 0 bridgehead atoms. The molecule has 0 heterocycles. The van der Waals surface area contributed by atoms with Crippen molar-refractivity contribution in [1.29, 1.82) is 0 Å². The average molecular weight is 286 g/mol. The summed E-state index contributed by atoms with van der Waals surface area (Å²) in [6.07, 6.45) is 11.1. The van der Waals surface area contributed by atoms with Crippen LogP contribution in [-0.2, 0) is 4.79 Å². The topological polar surface area (TPSA) is 17.1 Å². The Balaban J connectivity index is 2.00. The Morgan fingerprint density at radius 2 is 1.90 bits per heavy atom. The molecule has 3 aliphatic rings. The number of hydrogen-bond donors (Lipinski definition) is 0. The molecule has 0 aliphatic heterocycles. The van der Waals surface area contributed by atoms with Gasteiger partial charge in [-0.05, 0) is 70.1 Å².